The van der Waals surface area contributed by atoms with Gasteiger partial charge in [0.2, 0.25) is 0 Å². The van der Waals surface area contributed by atoms with Gasteiger partial charge < -0.3 is 35.3 Å². The normalized spacial score (nSPS) is 17.6. The number of nitrogens with two attached hydrogens (primary N) is 2. The fourth-order valence-electron chi connectivity index (χ4n) is 4.80. The number of rotatable bonds is 19. The summed E-state index contributed by atoms with van der Waals surface area (Å²) in [5.41, 5.74) is 10.9. The second-order valence-corrected chi connectivity index (χ2v) is 12.7. The van der Waals surface area contributed by atoms with E-state index in [9.17, 15) is 43.9 Å². The molecular weight excluding hydrogens is 667 g/mol. The molecule has 0 amide bonds. The van der Waals surface area contributed by atoms with E-state index in [2.05, 4.69) is 36.4 Å². The van der Waals surface area contributed by atoms with Crippen molar-refractivity contribution in [1.29, 1.82) is 0 Å². The highest BCUT2D eigenvalue weighted by Crippen LogP contribution is 2.34. The van der Waals surface area contributed by atoms with Crippen LogP contribution in [0.2, 0.25) is 0 Å². The number of aliphatic imine (C=N–C) groups is 1. The lowest BCUT2D eigenvalue weighted by molar-refractivity contribution is -0.176. The molecule has 252 valence electrons. The fraction of sp³-hybridized carbons (Fsp3) is 0.870. The van der Waals surface area contributed by atoms with Crippen molar-refractivity contribution in [2.75, 3.05) is 19.6 Å². The van der Waals surface area contributed by atoms with Crippen molar-refractivity contribution in [3.8, 4) is 0 Å². The van der Waals surface area contributed by atoms with Gasteiger partial charge in [0, 0.05) is 13.0 Å². The largest absolute Gasteiger partial charge is 0.771 e. The minimum absolute atomic E-state index is 0.0360. The molecule has 0 spiro atoms. The van der Waals surface area contributed by atoms with Crippen LogP contribution in [0.1, 0.15) is 77.6 Å². The van der Waals surface area contributed by atoms with E-state index < -0.39 is 68.2 Å². The summed E-state index contributed by atoms with van der Waals surface area (Å²) in [5, 5.41) is -9.65. The molecule has 4 N–H and O–H groups in total. The van der Waals surface area contributed by atoms with Crippen molar-refractivity contribution >= 4 is 62.7 Å². The first-order valence-electron chi connectivity index (χ1n) is 13.7. The van der Waals surface area contributed by atoms with Gasteiger partial charge in [-0.2, -0.15) is 26.3 Å². The van der Waals surface area contributed by atoms with Gasteiger partial charge in [0.1, 0.15) is 6.17 Å². The molecule has 1 aliphatic rings. The molecule has 0 saturated carbocycles. The fourth-order valence-corrected chi connectivity index (χ4v) is 6.70. The van der Waals surface area contributed by atoms with E-state index in [1.807, 2.05) is 0 Å². The third kappa shape index (κ3) is 12.9. The van der Waals surface area contributed by atoms with Crippen LogP contribution in [-0.4, -0.2) is 97.2 Å². The zero-order valence-corrected chi connectivity index (χ0v) is 26.9. The van der Waals surface area contributed by atoms with Gasteiger partial charge in [-0.25, -0.2) is 0 Å². The summed E-state index contributed by atoms with van der Waals surface area (Å²) in [4.78, 5) is 5.16. The lowest BCUT2D eigenvalue weighted by atomic mass is 10.1. The smallest absolute Gasteiger partial charge is 0.419 e. The molecule has 1 rings (SSSR count). The number of nitrogens with zero attached hydrogens (tertiary/aromatic N) is 4. The molecule has 0 aromatic carbocycles. The lowest BCUT2D eigenvalue weighted by Crippen LogP contribution is -2.69. The van der Waals surface area contributed by atoms with Gasteiger partial charge in [-0.3, -0.25) is 13.4 Å². The van der Waals surface area contributed by atoms with Crippen LogP contribution in [0, 0.1) is 0 Å². The SMILES string of the molecule is CCCCCCCCCCCCC1=NCCN1CC(N(C(N)=S)C(S(=O)[O-])C(F)(F)F)N(C(N)=S)C(S(=O)[O-])C(F)(F)F. The Hall–Kier alpha value is -1.35. The Bertz CT molecular complexity index is 941. The van der Waals surface area contributed by atoms with Crippen molar-refractivity contribution in [3.63, 3.8) is 0 Å². The molecule has 0 saturated heterocycles. The van der Waals surface area contributed by atoms with E-state index in [-0.39, 0.29) is 22.9 Å². The van der Waals surface area contributed by atoms with Gasteiger partial charge in [0.05, 0.1) is 18.9 Å². The van der Waals surface area contributed by atoms with Crippen molar-refractivity contribution in [3.05, 3.63) is 0 Å². The minimum Gasteiger partial charge on any atom is -0.771 e. The van der Waals surface area contributed by atoms with Crippen molar-refractivity contribution in [2.24, 2.45) is 16.5 Å². The Kier molecular flexibility index (Phi) is 17.1. The molecule has 43 heavy (non-hydrogen) atoms. The molecule has 1 aliphatic heterocycles. The summed E-state index contributed by atoms with van der Waals surface area (Å²) in [6, 6.07) is 0. The number of halogens is 6. The maximum Gasteiger partial charge on any atom is 0.419 e. The molecule has 4 unspecified atom stereocenters. The summed E-state index contributed by atoms with van der Waals surface area (Å²) >= 11 is 1.22. The molecular formula is C23H38F6N6O4S4-2. The van der Waals surface area contributed by atoms with Crippen LogP contribution in [0.3, 0.4) is 0 Å². The Morgan fingerprint density at radius 3 is 1.60 bits per heavy atom. The van der Waals surface area contributed by atoms with Crippen molar-refractivity contribution < 1.29 is 43.9 Å². The van der Waals surface area contributed by atoms with Gasteiger partial charge in [0.25, 0.3) is 0 Å². The van der Waals surface area contributed by atoms with Crippen LogP contribution < -0.4 is 11.5 Å². The number of thiocarbonyl (C=S) groups is 2. The zero-order valence-electron chi connectivity index (χ0n) is 23.6. The Morgan fingerprint density at radius 2 is 1.26 bits per heavy atom. The first-order chi connectivity index (χ1) is 19.9. The molecule has 0 aliphatic carbocycles. The predicted molar refractivity (Wildman–Crippen MR) is 159 cm³/mol. The average molecular weight is 705 g/mol. The van der Waals surface area contributed by atoms with E-state index in [0.717, 1.165) is 38.5 Å². The van der Waals surface area contributed by atoms with E-state index in [1.165, 1.54) is 24.2 Å². The van der Waals surface area contributed by atoms with Crippen LogP contribution in [0.5, 0.6) is 0 Å². The van der Waals surface area contributed by atoms with E-state index in [4.69, 9.17) is 11.5 Å². The zero-order chi connectivity index (χ0) is 33.0. The predicted octanol–water partition coefficient (Wildman–Crippen LogP) is 3.96. The van der Waals surface area contributed by atoms with Gasteiger partial charge in [-0.05, 0) is 53.0 Å². The monoisotopic (exact) mass is 704 g/mol. The standard InChI is InChI=1S/C23H40F6N6O4S4/c1-2-3-4-5-6-7-8-9-10-11-12-16-32-13-14-33(16)15-17(34(20(30)40)18(42(36)37)22(24,25)26)35(21(31)41)19(43(38)39)23(27,28)29/h17-19H,2-15H2,1H3,(H2,30,40)(H2,31,41)(H,36,37)(H,38,39)/p-2. The molecule has 20 heteroatoms. The molecule has 0 aromatic rings. The number of amidine groups is 1. The van der Waals surface area contributed by atoms with Crippen LogP contribution in [0.15, 0.2) is 4.99 Å². The van der Waals surface area contributed by atoms with Gasteiger partial charge in [-0.15, -0.1) is 0 Å². The second-order valence-electron chi connectivity index (χ2n) is 9.96. The van der Waals surface area contributed by atoms with Gasteiger partial charge in [0.15, 0.2) is 21.0 Å². The third-order valence-corrected chi connectivity index (χ3v) is 8.89. The highest BCUT2D eigenvalue weighted by atomic mass is 32.2. The van der Waals surface area contributed by atoms with E-state index in [0.29, 0.717) is 18.7 Å². The maximum absolute atomic E-state index is 13.9. The second kappa shape index (κ2) is 18.6. The number of alkyl halides is 6. The van der Waals surface area contributed by atoms with Crippen LogP contribution in [0.4, 0.5) is 26.3 Å². The molecule has 1 heterocycles. The summed E-state index contributed by atoms with van der Waals surface area (Å²) in [6.07, 6.45) is -2.96. The third-order valence-electron chi connectivity index (χ3n) is 6.75. The first kappa shape index (κ1) is 39.7. The van der Waals surface area contributed by atoms with Crippen molar-refractivity contribution in [1.82, 2.24) is 14.7 Å². The summed E-state index contributed by atoms with van der Waals surface area (Å²) < 4.78 is 131. The summed E-state index contributed by atoms with van der Waals surface area (Å²) in [6.45, 7) is 1.49. The molecule has 0 fully saturated rings. The summed E-state index contributed by atoms with van der Waals surface area (Å²) in [5.74, 6) is 0.342. The number of hydrogen-bond acceptors (Lipinski definition) is 8. The number of hydrogen-bond donors (Lipinski definition) is 2. The Balaban J connectivity index is 3.27. The molecule has 4 atom stereocenters. The summed E-state index contributed by atoms with van der Waals surface area (Å²) in [7, 11) is 0. The molecule has 0 aromatic heterocycles. The Labute approximate surface area is 263 Å². The number of unbranched alkanes of at least 4 members (excludes halogenated alkanes) is 9. The van der Waals surface area contributed by atoms with Gasteiger partial charge in [-0.1, -0.05) is 64.7 Å². The van der Waals surface area contributed by atoms with Crippen LogP contribution >= 0.6 is 24.4 Å². The molecule has 0 radical (unpaired) electrons. The van der Waals surface area contributed by atoms with E-state index in [1.54, 1.807) is 0 Å². The van der Waals surface area contributed by atoms with Crippen molar-refractivity contribution in [2.45, 2.75) is 107 Å². The molecule has 10 nitrogen and oxygen atoms in total. The molecule has 0 bridgehead atoms. The maximum atomic E-state index is 13.9. The topological polar surface area (TPSA) is 154 Å². The van der Waals surface area contributed by atoms with Crippen LogP contribution in [0.25, 0.3) is 0 Å². The van der Waals surface area contributed by atoms with Gasteiger partial charge >= 0.3 is 12.4 Å². The van der Waals surface area contributed by atoms with Crippen LogP contribution in [-0.2, 0) is 22.2 Å². The quantitative estimate of drug-likeness (QED) is 0.0660. The Morgan fingerprint density at radius 1 is 0.860 bits per heavy atom. The highest BCUT2D eigenvalue weighted by Gasteiger charge is 2.54. The minimum atomic E-state index is -5.61. The average Bonchev–Trinajstić information content (AvgIpc) is 3.30. The van der Waals surface area contributed by atoms with E-state index >= 15 is 0 Å². The highest BCUT2D eigenvalue weighted by molar-refractivity contribution is 7.81. The first-order valence-corrected chi connectivity index (χ1v) is 16.8. The lowest BCUT2D eigenvalue weighted by Gasteiger charge is -2.49.